The average molecular weight is 336 g/mol. The van der Waals surface area contributed by atoms with E-state index in [0.29, 0.717) is 5.89 Å². The van der Waals surface area contributed by atoms with Crippen LogP contribution in [0, 0.1) is 6.92 Å². The predicted octanol–water partition coefficient (Wildman–Crippen LogP) is 4.01. The van der Waals surface area contributed by atoms with Crippen molar-refractivity contribution in [2.45, 2.75) is 38.6 Å². The quantitative estimate of drug-likeness (QED) is 0.900. The van der Waals surface area contributed by atoms with Gasteiger partial charge < -0.3 is 9.84 Å². The number of hydrogen-bond acceptors (Lipinski definition) is 4. The highest BCUT2D eigenvalue weighted by Gasteiger charge is 2.20. The Morgan fingerprint density at radius 2 is 2.15 bits per heavy atom. The fourth-order valence-corrected chi connectivity index (χ4v) is 3.21. The molecular weight excluding hydrogens is 318 g/mol. The maximum absolute atomic E-state index is 5.43. The smallest absolute Gasteiger partial charge is 0.258 e. The summed E-state index contributed by atoms with van der Waals surface area (Å²) in [5.41, 5.74) is 2.13. The second-order valence-electron chi connectivity index (χ2n) is 5.33. The number of aryl methyl sites for hydroxylation is 1. The Morgan fingerprint density at radius 3 is 3.00 bits per heavy atom. The van der Waals surface area contributed by atoms with Crippen molar-refractivity contribution >= 4 is 15.9 Å². The third kappa shape index (κ3) is 3.10. The molecule has 106 valence electrons. The van der Waals surface area contributed by atoms with Gasteiger partial charge in [0.25, 0.3) is 5.89 Å². The molecule has 1 N–H and O–H groups in total. The molecule has 1 aliphatic heterocycles. The van der Waals surface area contributed by atoms with Crippen LogP contribution in [0.1, 0.15) is 43.1 Å². The van der Waals surface area contributed by atoms with E-state index in [0.717, 1.165) is 28.8 Å². The van der Waals surface area contributed by atoms with E-state index >= 15 is 0 Å². The molecule has 1 fully saturated rings. The molecule has 0 spiro atoms. The lowest BCUT2D eigenvalue weighted by Gasteiger charge is -2.09. The predicted molar refractivity (Wildman–Crippen MR) is 81.4 cm³/mol. The molecule has 3 rings (SSSR count). The molecule has 2 heterocycles. The van der Waals surface area contributed by atoms with Crippen LogP contribution in [-0.4, -0.2) is 16.7 Å². The van der Waals surface area contributed by atoms with Crippen LogP contribution >= 0.6 is 15.9 Å². The third-order valence-corrected chi connectivity index (χ3v) is 4.06. The van der Waals surface area contributed by atoms with Crippen LogP contribution in [0.15, 0.2) is 27.2 Å². The molecule has 1 unspecified atom stereocenters. The summed E-state index contributed by atoms with van der Waals surface area (Å²) in [6, 6.07) is 6.35. The van der Waals surface area contributed by atoms with E-state index in [4.69, 9.17) is 4.52 Å². The Labute approximate surface area is 127 Å². The number of nitrogens with zero attached hydrogens (tertiary/aromatic N) is 2. The van der Waals surface area contributed by atoms with Gasteiger partial charge in [0.15, 0.2) is 5.82 Å². The van der Waals surface area contributed by atoms with Gasteiger partial charge in [0.1, 0.15) is 0 Å². The van der Waals surface area contributed by atoms with Crippen LogP contribution in [0.5, 0.6) is 0 Å². The number of nitrogens with one attached hydrogen (secondary N) is 1. The van der Waals surface area contributed by atoms with E-state index in [1.807, 2.05) is 6.07 Å². The van der Waals surface area contributed by atoms with Gasteiger partial charge in [-0.1, -0.05) is 33.9 Å². The highest BCUT2D eigenvalue weighted by atomic mass is 79.9. The monoisotopic (exact) mass is 335 g/mol. The van der Waals surface area contributed by atoms with Gasteiger partial charge in [-0.15, -0.1) is 0 Å². The Balaban J connectivity index is 1.85. The van der Waals surface area contributed by atoms with E-state index in [1.165, 1.54) is 24.8 Å². The molecule has 0 radical (unpaired) electrons. The van der Waals surface area contributed by atoms with E-state index in [9.17, 15) is 0 Å². The molecule has 0 saturated carbocycles. The van der Waals surface area contributed by atoms with Gasteiger partial charge >= 0.3 is 0 Å². The first-order valence-electron chi connectivity index (χ1n) is 7.07. The molecular formula is C15H18BrN3O. The van der Waals surface area contributed by atoms with Crippen LogP contribution in [0.3, 0.4) is 0 Å². The Morgan fingerprint density at radius 1 is 1.25 bits per heavy atom. The number of hydrogen-bond donors (Lipinski definition) is 1. The van der Waals surface area contributed by atoms with Crippen molar-refractivity contribution in [1.82, 2.24) is 15.5 Å². The molecule has 1 aromatic carbocycles. The second kappa shape index (κ2) is 6.06. The van der Waals surface area contributed by atoms with E-state index < -0.39 is 0 Å². The van der Waals surface area contributed by atoms with Crippen molar-refractivity contribution in [3.05, 3.63) is 34.1 Å². The van der Waals surface area contributed by atoms with E-state index in [2.05, 4.69) is 50.4 Å². The van der Waals surface area contributed by atoms with Crippen LogP contribution in [0.25, 0.3) is 11.5 Å². The number of aromatic nitrogens is 2. The van der Waals surface area contributed by atoms with Crippen LogP contribution in [-0.2, 0) is 0 Å². The summed E-state index contributed by atoms with van der Waals surface area (Å²) in [7, 11) is 0. The lowest BCUT2D eigenvalue weighted by Crippen LogP contribution is -2.21. The normalized spacial score (nSPS) is 19.8. The van der Waals surface area contributed by atoms with Crippen molar-refractivity contribution in [3.8, 4) is 11.5 Å². The van der Waals surface area contributed by atoms with Crippen LogP contribution in [0.2, 0.25) is 0 Å². The Kier molecular flexibility index (Phi) is 4.17. The van der Waals surface area contributed by atoms with Gasteiger partial charge in [0.05, 0.1) is 6.04 Å². The fraction of sp³-hybridized carbons (Fsp3) is 0.467. The molecule has 1 aliphatic rings. The molecule has 4 nitrogen and oxygen atoms in total. The lowest BCUT2D eigenvalue weighted by atomic mass is 10.1. The van der Waals surface area contributed by atoms with Gasteiger partial charge in [0, 0.05) is 10.0 Å². The summed E-state index contributed by atoms with van der Waals surface area (Å²) in [6.07, 6.45) is 4.80. The summed E-state index contributed by atoms with van der Waals surface area (Å²) in [6.45, 7) is 3.09. The zero-order valence-electron chi connectivity index (χ0n) is 11.5. The molecule has 1 saturated heterocycles. The van der Waals surface area contributed by atoms with E-state index in [-0.39, 0.29) is 6.04 Å². The van der Waals surface area contributed by atoms with Crippen molar-refractivity contribution < 1.29 is 4.52 Å². The standard InChI is InChI=1S/C15H18BrN3O/c1-10-7-11(9-12(16)8-10)15-18-14(19-20-15)13-5-3-2-4-6-17-13/h7-9,13,17H,2-6H2,1H3. The summed E-state index contributed by atoms with van der Waals surface area (Å²) >= 11 is 3.50. The van der Waals surface area contributed by atoms with Gasteiger partial charge in [-0.05, 0) is 50.1 Å². The average Bonchev–Trinajstić information content (AvgIpc) is 2.74. The van der Waals surface area contributed by atoms with Gasteiger partial charge in [0.2, 0.25) is 0 Å². The minimum atomic E-state index is 0.225. The van der Waals surface area contributed by atoms with Gasteiger partial charge in [-0.25, -0.2) is 0 Å². The molecule has 1 atom stereocenters. The van der Waals surface area contributed by atoms with Crippen LogP contribution < -0.4 is 5.32 Å². The lowest BCUT2D eigenvalue weighted by molar-refractivity contribution is 0.402. The molecule has 1 aromatic heterocycles. The van der Waals surface area contributed by atoms with Crippen molar-refractivity contribution in [1.29, 1.82) is 0 Å². The minimum absolute atomic E-state index is 0.225. The summed E-state index contributed by atoms with van der Waals surface area (Å²) in [5.74, 6) is 1.37. The fourth-order valence-electron chi connectivity index (χ4n) is 2.60. The van der Waals surface area contributed by atoms with Gasteiger partial charge in [-0.2, -0.15) is 4.98 Å². The number of benzene rings is 1. The first kappa shape index (κ1) is 13.8. The van der Waals surface area contributed by atoms with Crippen LogP contribution in [0.4, 0.5) is 0 Å². The van der Waals surface area contributed by atoms with Crippen molar-refractivity contribution in [2.24, 2.45) is 0 Å². The molecule has 0 amide bonds. The maximum Gasteiger partial charge on any atom is 0.258 e. The molecule has 5 heteroatoms. The first-order chi connectivity index (χ1) is 9.72. The Bertz CT molecular complexity index is 568. The number of rotatable bonds is 2. The highest BCUT2D eigenvalue weighted by Crippen LogP contribution is 2.26. The van der Waals surface area contributed by atoms with Crippen molar-refractivity contribution in [3.63, 3.8) is 0 Å². The highest BCUT2D eigenvalue weighted by molar-refractivity contribution is 9.10. The topological polar surface area (TPSA) is 51.0 Å². The largest absolute Gasteiger partial charge is 0.334 e. The SMILES string of the molecule is Cc1cc(Br)cc(-c2nc(C3CCCCCN3)no2)c1. The molecule has 2 aromatic rings. The van der Waals surface area contributed by atoms with E-state index in [1.54, 1.807) is 0 Å². The summed E-state index contributed by atoms with van der Waals surface area (Å²) < 4.78 is 6.46. The van der Waals surface area contributed by atoms with Crippen molar-refractivity contribution in [2.75, 3.05) is 6.54 Å². The molecule has 0 aliphatic carbocycles. The molecule has 0 bridgehead atoms. The summed E-state index contributed by atoms with van der Waals surface area (Å²) in [5, 5.41) is 7.64. The number of halogens is 1. The van der Waals surface area contributed by atoms with Gasteiger partial charge in [-0.3, -0.25) is 0 Å². The molecule has 20 heavy (non-hydrogen) atoms. The second-order valence-corrected chi connectivity index (χ2v) is 6.25. The first-order valence-corrected chi connectivity index (χ1v) is 7.86. The minimum Gasteiger partial charge on any atom is -0.334 e. The zero-order valence-corrected chi connectivity index (χ0v) is 13.1. The Hall–Kier alpha value is -1.20. The maximum atomic E-state index is 5.43. The summed E-state index contributed by atoms with van der Waals surface area (Å²) in [4.78, 5) is 4.57. The third-order valence-electron chi connectivity index (χ3n) is 3.60. The zero-order chi connectivity index (χ0) is 13.9.